The van der Waals surface area contributed by atoms with Crippen LogP contribution < -0.4 is 4.90 Å². The lowest BCUT2D eigenvalue weighted by molar-refractivity contribution is 0.333. The van der Waals surface area contributed by atoms with Crippen LogP contribution in [0.5, 0.6) is 0 Å². The summed E-state index contributed by atoms with van der Waals surface area (Å²) in [5, 5.41) is 0. The Balaban J connectivity index is 1.90. The number of para-hydroxylation sites is 1. The Morgan fingerprint density at radius 2 is 1.95 bits per heavy atom. The fourth-order valence-corrected chi connectivity index (χ4v) is 3.97. The van der Waals surface area contributed by atoms with Crippen molar-refractivity contribution in [3.8, 4) is 0 Å². The van der Waals surface area contributed by atoms with E-state index in [1.54, 1.807) is 0 Å². The van der Waals surface area contributed by atoms with E-state index in [0.29, 0.717) is 17.9 Å². The summed E-state index contributed by atoms with van der Waals surface area (Å²) in [6.45, 7) is 4.62. The lowest BCUT2D eigenvalue weighted by Crippen LogP contribution is -2.43. The lowest BCUT2D eigenvalue weighted by Gasteiger charge is -2.38. The molecule has 2 aliphatic rings. The van der Waals surface area contributed by atoms with E-state index in [0.717, 1.165) is 13.1 Å². The summed E-state index contributed by atoms with van der Waals surface area (Å²) >= 11 is 0. The van der Waals surface area contributed by atoms with Gasteiger partial charge in [0.1, 0.15) is 0 Å². The Hall–Kier alpha value is -1.54. The standard InChI is InChI=1S/C20H28N2/c1-16(14-21(2)3)15-22-19-10-6-4-8-17(19)12-13-18-9-5-7-11-20(18)22/h4-11,16-17,19H,12-15H2,1-3H3. The van der Waals surface area contributed by atoms with Gasteiger partial charge in [-0.15, -0.1) is 0 Å². The van der Waals surface area contributed by atoms with Gasteiger partial charge in [-0.2, -0.15) is 0 Å². The highest BCUT2D eigenvalue weighted by atomic mass is 15.2. The third-order valence-electron chi connectivity index (χ3n) is 4.81. The van der Waals surface area contributed by atoms with E-state index < -0.39 is 0 Å². The molecule has 2 heteroatoms. The predicted molar refractivity (Wildman–Crippen MR) is 95.4 cm³/mol. The number of nitrogens with zero attached hydrogens (tertiary/aromatic N) is 2. The van der Waals surface area contributed by atoms with E-state index in [1.807, 2.05) is 0 Å². The van der Waals surface area contributed by atoms with E-state index >= 15 is 0 Å². The van der Waals surface area contributed by atoms with Crippen LogP contribution in [0.15, 0.2) is 48.6 Å². The first-order chi connectivity index (χ1) is 10.6. The molecule has 0 fully saturated rings. The Bertz CT molecular complexity index is 559. The summed E-state index contributed by atoms with van der Waals surface area (Å²) in [5.41, 5.74) is 2.95. The van der Waals surface area contributed by atoms with Crippen molar-refractivity contribution in [3.63, 3.8) is 0 Å². The number of anilines is 1. The van der Waals surface area contributed by atoms with Crippen molar-refractivity contribution in [2.75, 3.05) is 32.1 Å². The second kappa shape index (κ2) is 6.70. The van der Waals surface area contributed by atoms with Gasteiger partial charge in [-0.1, -0.05) is 49.4 Å². The molecular weight excluding hydrogens is 268 g/mol. The van der Waals surface area contributed by atoms with Crippen molar-refractivity contribution >= 4 is 5.69 Å². The molecule has 0 saturated heterocycles. The molecule has 3 rings (SSSR count). The van der Waals surface area contributed by atoms with Crippen molar-refractivity contribution in [3.05, 3.63) is 54.1 Å². The maximum absolute atomic E-state index is 2.65. The normalized spacial score (nSPS) is 24.8. The first-order valence-electron chi connectivity index (χ1n) is 8.49. The summed E-state index contributed by atoms with van der Waals surface area (Å²) in [6, 6.07) is 9.50. The molecule has 3 atom stereocenters. The van der Waals surface area contributed by atoms with Gasteiger partial charge in [0, 0.05) is 24.7 Å². The number of allylic oxidation sites excluding steroid dienone is 2. The molecule has 0 N–H and O–H groups in total. The minimum atomic E-state index is 0.512. The summed E-state index contributed by atoms with van der Waals surface area (Å²) in [4.78, 5) is 4.95. The van der Waals surface area contributed by atoms with Crippen molar-refractivity contribution in [1.82, 2.24) is 4.90 Å². The number of benzene rings is 1. The molecular formula is C20H28N2. The van der Waals surface area contributed by atoms with Gasteiger partial charge in [-0.05, 0) is 44.5 Å². The molecule has 1 aromatic carbocycles. The van der Waals surface area contributed by atoms with Crippen LogP contribution >= 0.6 is 0 Å². The van der Waals surface area contributed by atoms with Crippen LogP contribution in [0.25, 0.3) is 0 Å². The average Bonchev–Trinajstić information content (AvgIpc) is 2.65. The molecule has 1 aromatic rings. The Morgan fingerprint density at radius 3 is 2.77 bits per heavy atom. The van der Waals surface area contributed by atoms with E-state index in [2.05, 4.69) is 79.4 Å². The molecule has 3 unspecified atom stereocenters. The first-order valence-corrected chi connectivity index (χ1v) is 8.49. The first kappa shape index (κ1) is 15.4. The minimum absolute atomic E-state index is 0.512. The van der Waals surface area contributed by atoms with Crippen LogP contribution in [0.1, 0.15) is 18.9 Å². The Labute approximate surface area is 135 Å². The molecule has 0 saturated carbocycles. The van der Waals surface area contributed by atoms with Gasteiger partial charge in [-0.25, -0.2) is 0 Å². The highest BCUT2D eigenvalue weighted by molar-refractivity contribution is 5.57. The summed E-state index contributed by atoms with van der Waals surface area (Å²) in [7, 11) is 4.33. The second-order valence-electron chi connectivity index (χ2n) is 7.11. The molecule has 1 aliphatic heterocycles. The third kappa shape index (κ3) is 3.27. The topological polar surface area (TPSA) is 6.48 Å². The molecule has 0 aromatic heterocycles. The highest BCUT2D eigenvalue weighted by Crippen LogP contribution is 2.35. The quantitative estimate of drug-likeness (QED) is 0.835. The zero-order valence-electron chi connectivity index (χ0n) is 14.1. The molecule has 0 radical (unpaired) electrons. The van der Waals surface area contributed by atoms with E-state index in [4.69, 9.17) is 0 Å². The van der Waals surface area contributed by atoms with E-state index in [-0.39, 0.29) is 0 Å². The number of fused-ring (bicyclic) bond motifs is 2. The summed E-state index contributed by atoms with van der Waals surface area (Å²) in [6.07, 6.45) is 11.7. The van der Waals surface area contributed by atoms with Crippen LogP contribution in [0.4, 0.5) is 5.69 Å². The van der Waals surface area contributed by atoms with Crippen molar-refractivity contribution in [2.45, 2.75) is 25.8 Å². The molecule has 1 heterocycles. The van der Waals surface area contributed by atoms with Gasteiger partial charge in [0.15, 0.2) is 0 Å². The summed E-state index contributed by atoms with van der Waals surface area (Å²) < 4.78 is 0. The number of hydrogen-bond donors (Lipinski definition) is 0. The van der Waals surface area contributed by atoms with Crippen LogP contribution in [-0.2, 0) is 6.42 Å². The van der Waals surface area contributed by atoms with Gasteiger partial charge < -0.3 is 9.80 Å². The van der Waals surface area contributed by atoms with Crippen LogP contribution in [0, 0.1) is 11.8 Å². The van der Waals surface area contributed by atoms with Crippen molar-refractivity contribution in [1.29, 1.82) is 0 Å². The van der Waals surface area contributed by atoms with Crippen LogP contribution in [-0.4, -0.2) is 38.1 Å². The maximum atomic E-state index is 2.65. The molecule has 118 valence electrons. The van der Waals surface area contributed by atoms with E-state index in [1.165, 1.54) is 24.1 Å². The van der Waals surface area contributed by atoms with Gasteiger partial charge in [-0.3, -0.25) is 0 Å². The van der Waals surface area contributed by atoms with Gasteiger partial charge in [0.2, 0.25) is 0 Å². The van der Waals surface area contributed by atoms with Gasteiger partial charge in [0.25, 0.3) is 0 Å². The molecule has 0 bridgehead atoms. The zero-order chi connectivity index (χ0) is 15.5. The SMILES string of the molecule is CC(CN(C)C)CN1c2ccccc2CCC2C=CC=CC21. The molecule has 0 spiro atoms. The smallest absolute Gasteiger partial charge is 0.0539 e. The molecule has 1 aliphatic carbocycles. The predicted octanol–water partition coefficient (Wildman–Crippen LogP) is 3.75. The largest absolute Gasteiger partial charge is 0.364 e. The van der Waals surface area contributed by atoms with Crippen LogP contribution in [0.2, 0.25) is 0 Å². The molecule has 22 heavy (non-hydrogen) atoms. The lowest BCUT2D eigenvalue weighted by atomic mass is 9.90. The van der Waals surface area contributed by atoms with Crippen molar-refractivity contribution in [2.24, 2.45) is 11.8 Å². The fraction of sp³-hybridized carbons (Fsp3) is 0.500. The minimum Gasteiger partial charge on any atom is -0.364 e. The van der Waals surface area contributed by atoms with Crippen LogP contribution in [0.3, 0.4) is 0 Å². The average molecular weight is 296 g/mol. The Morgan fingerprint density at radius 1 is 1.18 bits per heavy atom. The van der Waals surface area contributed by atoms with Crippen molar-refractivity contribution < 1.29 is 0 Å². The highest BCUT2D eigenvalue weighted by Gasteiger charge is 2.30. The van der Waals surface area contributed by atoms with E-state index in [9.17, 15) is 0 Å². The second-order valence-corrected chi connectivity index (χ2v) is 7.11. The third-order valence-corrected chi connectivity index (χ3v) is 4.81. The monoisotopic (exact) mass is 296 g/mol. The van der Waals surface area contributed by atoms with Gasteiger partial charge >= 0.3 is 0 Å². The number of rotatable bonds is 4. The van der Waals surface area contributed by atoms with Gasteiger partial charge in [0.05, 0.1) is 6.04 Å². The number of aryl methyl sites for hydroxylation is 1. The number of hydrogen-bond acceptors (Lipinski definition) is 2. The molecule has 2 nitrogen and oxygen atoms in total. The molecule has 0 amide bonds. The maximum Gasteiger partial charge on any atom is 0.0539 e. The Kier molecular flexibility index (Phi) is 4.68. The summed E-state index contributed by atoms with van der Waals surface area (Å²) in [5.74, 6) is 1.30. The zero-order valence-corrected chi connectivity index (χ0v) is 14.1. The fourth-order valence-electron chi connectivity index (χ4n) is 3.97.